The van der Waals surface area contributed by atoms with Crippen molar-refractivity contribution in [3.63, 3.8) is 0 Å². The van der Waals surface area contributed by atoms with E-state index in [1.165, 1.54) is 50.3 Å². The summed E-state index contributed by atoms with van der Waals surface area (Å²) in [6.07, 6.45) is 11.9. The lowest BCUT2D eigenvalue weighted by atomic mass is 9.85. The van der Waals surface area contributed by atoms with Gasteiger partial charge in [0.05, 0.1) is 12.6 Å². The standard InChI is InChI=1S/C29H46N4O6S/c1-21(2)19-25(30-27(35)14-8-7-13-23-11-5-4-6-12-23)29(36)31-24-17-16-22(3)33(20-26(24)34)40(38,39)28-15-9-10-18-32(28)37/h9-10,15,18,21-25H,4-8,11-14,16-17,19-20H2,1-3H3,(H,30,35)(H,31,36). The molecular weight excluding hydrogens is 532 g/mol. The molecule has 3 rings (SSSR count). The Balaban J connectivity index is 1.57. The number of amides is 2. The molecule has 2 N–H and O–H groups in total. The number of nitrogens with one attached hydrogen (secondary N) is 2. The van der Waals surface area contributed by atoms with Gasteiger partial charge in [-0.3, -0.25) is 14.4 Å². The molecule has 2 amide bonds. The highest BCUT2D eigenvalue weighted by Crippen LogP contribution is 2.28. The van der Waals surface area contributed by atoms with Crippen LogP contribution < -0.4 is 15.4 Å². The Labute approximate surface area is 238 Å². The van der Waals surface area contributed by atoms with Crippen LogP contribution in [0.3, 0.4) is 0 Å². The molecule has 224 valence electrons. The van der Waals surface area contributed by atoms with Crippen LogP contribution in [0.25, 0.3) is 0 Å². The molecule has 2 heterocycles. The van der Waals surface area contributed by atoms with E-state index in [9.17, 15) is 28.0 Å². The summed E-state index contributed by atoms with van der Waals surface area (Å²) in [4.78, 5) is 39.1. The van der Waals surface area contributed by atoms with E-state index >= 15 is 0 Å². The third-order valence-electron chi connectivity index (χ3n) is 8.09. The molecule has 1 saturated carbocycles. The molecule has 1 aromatic heterocycles. The molecule has 1 aliphatic heterocycles. The van der Waals surface area contributed by atoms with Crippen molar-refractivity contribution in [2.24, 2.45) is 11.8 Å². The number of unbranched alkanes of at least 4 members (excludes halogenated alkanes) is 1. The van der Waals surface area contributed by atoms with Gasteiger partial charge < -0.3 is 15.8 Å². The summed E-state index contributed by atoms with van der Waals surface area (Å²) in [5.74, 6) is -0.149. The lowest BCUT2D eigenvalue weighted by molar-refractivity contribution is -0.646. The molecular formula is C29H46N4O6S. The molecule has 1 aromatic rings. The Morgan fingerprint density at radius 3 is 2.50 bits per heavy atom. The van der Waals surface area contributed by atoms with E-state index in [4.69, 9.17) is 0 Å². The molecule has 2 fully saturated rings. The van der Waals surface area contributed by atoms with Crippen molar-refractivity contribution in [3.8, 4) is 0 Å². The topological polar surface area (TPSA) is 140 Å². The molecule has 0 radical (unpaired) electrons. The molecule has 0 bridgehead atoms. The van der Waals surface area contributed by atoms with Crippen LogP contribution in [-0.2, 0) is 24.4 Å². The Kier molecular flexibility index (Phi) is 11.9. The van der Waals surface area contributed by atoms with Gasteiger partial charge in [0.25, 0.3) is 0 Å². The van der Waals surface area contributed by atoms with Crippen LogP contribution in [0.5, 0.6) is 0 Å². The number of ketones is 1. The van der Waals surface area contributed by atoms with Gasteiger partial charge in [0.15, 0.2) is 12.0 Å². The second kappa shape index (κ2) is 14.9. The SMILES string of the molecule is CC(C)CC(NC(=O)CCCCC1CCCCC1)C(=O)NC1CCC(C)N(S(=O)(=O)c2cccc[n+]2[O-])CC1=O. The summed E-state index contributed by atoms with van der Waals surface area (Å²) in [7, 11) is -4.22. The first kappa shape index (κ1) is 32.0. The largest absolute Gasteiger partial charge is 0.618 e. The smallest absolute Gasteiger partial charge is 0.323 e. The Morgan fingerprint density at radius 2 is 1.82 bits per heavy atom. The van der Waals surface area contributed by atoms with Gasteiger partial charge >= 0.3 is 15.0 Å². The third-order valence-corrected chi connectivity index (χ3v) is 10.0. The summed E-state index contributed by atoms with van der Waals surface area (Å²) in [5, 5.41) is 17.3. The minimum absolute atomic E-state index is 0.137. The molecule has 1 saturated heterocycles. The Hall–Kier alpha value is -2.53. The number of hydrogen-bond acceptors (Lipinski definition) is 6. The quantitative estimate of drug-likeness (QED) is 0.222. The first-order valence-electron chi connectivity index (χ1n) is 14.8. The van der Waals surface area contributed by atoms with Gasteiger partial charge in [-0.1, -0.05) is 58.8 Å². The average molecular weight is 579 g/mol. The summed E-state index contributed by atoms with van der Waals surface area (Å²) in [6.45, 7) is 5.15. The van der Waals surface area contributed by atoms with Gasteiger partial charge in [-0.05, 0) is 50.5 Å². The van der Waals surface area contributed by atoms with E-state index in [1.807, 2.05) is 13.8 Å². The fourth-order valence-corrected chi connectivity index (χ4v) is 7.43. The van der Waals surface area contributed by atoms with Crippen molar-refractivity contribution >= 4 is 27.6 Å². The zero-order valence-corrected chi connectivity index (χ0v) is 25.0. The number of sulfonamides is 1. The number of pyridine rings is 1. The van der Waals surface area contributed by atoms with Gasteiger partial charge in [0, 0.05) is 24.6 Å². The van der Waals surface area contributed by atoms with Gasteiger partial charge in [0.1, 0.15) is 6.04 Å². The molecule has 3 unspecified atom stereocenters. The van der Waals surface area contributed by atoms with Gasteiger partial charge in [-0.2, -0.15) is 9.04 Å². The van der Waals surface area contributed by atoms with E-state index in [-0.39, 0.29) is 23.0 Å². The lowest BCUT2D eigenvalue weighted by Gasteiger charge is -2.24. The molecule has 10 nitrogen and oxygen atoms in total. The number of Topliss-reactive ketones (excluding diaryl/α,β-unsaturated/α-hetero) is 1. The highest BCUT2D eigenvalue weighted by Gasteiger charge is 2.40. The number of hydrogen-bond donors (Lipinski definition) is 2. The number of rotatable bonds is 12. The fourth-order valence-electron chi connectivity index (χ4n) is 5.78. The first-order valence-corrected chi connectivity index (χ1v) is 16.3. The maximum Gasteiger partial charge on any atom is 0.323 e. The molecule has 11 heteroatoms. The van der Waals surface area contributed by atoms with Gasteiger partial charge in [0.2, 0.25) is 11.8 Å². The lowest BCUT2D eigenvalue weighted by Crippen LogP contribution is -2.53. The third kappa shape index (κ3) is 8.99. The first-order chi connectivity index (χ1) is 19.0. The number of aromatic nitrogens is 1. The monoisotopic (exact) mass is 578 g/mol. The van der Waals surface area contributed by atoms with Crippen LogP contribution in [0.1, 0.15) is 97.8 Å². The van der Waals surface area contributed by atoms with Crippen molar-refractivity contribution < 1.29 is 27.5 Å². The molecule has 40 heavy (non-hydrogen) atoms. The summed E-state index contributed by atoms with van der Waals surface area (Å²) in [6, 6.07) is 1.89. The van der Waals surface area contributed by atoms with E-state index < -0.39 is 51.4 Å². The molecule has 2 aliphatic rings. The Morgan fingerprint density at radius 1 is 1.10 bits per heavy atom. The highest BCUT2D eigenvalue weighted by molar-refractivity contribution is 7.89. The second-order valence-corrected chi connectivity index (χ2v) is 13.7. The van der Waals surface area contributed by atoms with E-state index in [1.54, 1.807) is 6.92 Å². The van der Waals surface area contributed by atoms with Crippen LogP contribution in [0, 0.1) is 17.0 Å². The Bertz CT molecular complexity index is 1120. The average Bonchev–Trinajstić information content (AvgIpc) is 3.05. The van der Waals surface area contributed by atoms with Crippen molar-refractivity contribution in [3.05, 3.63) is 29.6 Å². The minimum Gasteiger partial charge on any atom is -0.618 e. The molecule has 1 aliphatic carbocycles. The van der Waals surface area contributed by atoms with Crippen molar-refractivity contribution in [2.45, 2.75) is 121 Å². The summed E-state index contributed by atoms with van der Waals surface area (Å²) in [5.41, 5.74) is 0. The van der Waals surface area contributed by atoms with Crippen molar-refractivity contribution in [1.82, 2.24) is 14.9 Å². The fraction of sp³-hybridized carbons (Fsp3) is 0.724. The number of carbonyl (C=O) groups is 3. The maximum absolute atomic E-state index is 13.2. The van der Waals surface area contributed by atoms with Crippen LogP contribution in [-0.4, -0.2) is 55.0 Å². The van der Waals surface area contributed by atoms with E-state index in [0.717, 1.165) is 35.7 Å². The van der Waals surface area contributed by atoms with Crippen LogP contribution in [0.4, 0.5) is 0 Å². The van der Waals surface area contributed by atoms with Crippen LogP contribution in [0.2, 0.25) is 0 Å². The maximum atomic E-state index is 13.2. The minimum atomic E-state index is -4.22. The molecule has 3 atom stereocenters. The van der Waals surface area contributed by atoms with Crippen LogP contribution in [0.15, 0.2) is 29.4 Å². The predicted octanol–water partition coefficient (Wildman–Crippen LogP) is 3.22. The van der Waals surface area contributed by atoms with E-state index in [2.05, 4.69) is 10.6 Å². The summed E-state index contributed by atoms with van der Waals surface area (Å²) >= 11 is 0. The molecule has 0 aromatic carbocycles. The summed E-state index contributed by atoms with van der Waals surface area (Å²) < 4.78 is 27.7. The number of carbonyl (C=O) groups excluding carboxylic acids is 3. The highest BCUT2D eigenvalue weighted by atomic mass is 32.2. The van der Waals surface area contributed by atoms with Crippen molar-refractivity contribution in [2.75, 3.05) is 6.54 Å². The second-order valence-electron chi connectivity index (χ2n) is 11.9. The van der Waals surface area contributed by atoms with Gasteiger partial charge in [-0.15, -0.1) is 0 Å². The van der Waals surface area contributed by atoms with Crippen molar-refractivity contribution in [1.29, 1.82) is 0 Å². The zero-order valence-electron chi connectivity index (χ0n) is 24.1. The zero-order chi connectivity index (χ0) is 29.3. The van der Waals surface area contributed by atoms with E-state index in [0.29, 0.717) is 19.3 Å². The van der Waals surface area contributed by atoms with Crippen LogP contribution >= 0.6 is 0 Å². The molecule has 0 spiro atoms. The number of nitrogens with zero attached hydrogens (tertiary/aromatic N) is 2. The predicted molar refractivity (Wildman–Crippen MR) is 151 cm³/mol. The van der Waals surface area contributed by atoms with Gasteiger partial charge in [-0.25, -0.2) is 8.42 Å². The normalized spacial score (nSPS) is 22.1.